The molecule has 1 fully saturated rings. The van der Waals surface area contributed by atoms with E-state index in [2.05, 4.69) is 56.5 Å². The fourth-order valence-corrected chi connectivity index (χ4v) is 8.29. The molecule has 0 radical (unpaired) electrons. The minimum Gasteiger partial charge on any atom is -0.454 e. The molecule has 394 valence electrons. The molecule has 1 aliphatic rings. The highest BCUT2D eigenvalue weighted by atomic mass is 16.7. The van der Waals surface area contributed by atoms with Crippen molar-refractivity contribution in [3.8, 4) is 0 Å². The van der Waals surface area contributed by atoms with Crippen molar-refractivity contribution in [2.45, 2.75) is 275 Å². The number of hydrogen-bond acceptors (Lipinski definition) is 10. The van der Waals surface area contributed by atoms with Crippen LogP contribution in [-0.2, 0) is 23.8 Å². The molecule has 6 N–H and O–H groups in total. The second-order valence-corrected chi connectivity index (χ2v) is 19.0. The molecule has 0 aliphatic carbocycles. The van der Waals surface area contributed by atoms with Crippen molar-refractivity contribution >= 4 is 11.9 Å². The number of rotatable bonds is 45. The maximum atomic E-state index is 13.3. The normalized spacial score (nSPS) is 20.4. The largest absolute Gasteiger partial charge is 0.454 e. The van der Waals surface area contributed by atoms with Crippen molar-refractivity contribution in [1.29, 1.82) is 0 Å². The van der Waals surface area contributed by atoms with E-state index in [0.29, 0.717) is 12.8 Å². The van der Waals surface area contributed by atoms with Crippen LogP contribution in [0.5, 0.6) is 0 Å². The third-order valence-corrected chi connectivity index (χ3v) is 12.7. The number of amides is 1. The summed E-state index contributed by atoms with van der Waals surface area (Å²) in [7, 11) is 0. The summed E-state index contributed by atoms with van der Waals surface area (Å²) in [4.78, 5) is 26.4. The van der Waals surface area contributed by atoms with Crippen LogP contribution in [0.1, 0.15) is 226 Å². The van der Waals surface area contributed by atoms with Gasteiger partial charge in [0.25, 0.3) is 0 Å². The molecule has 11 heteroatoms. The first kappa shape index (κ1) is 63.4. The van der Waals surface area contributed by atoms with Crippen molar-refractivity contribution in [2.24, 2.45) is 0 Å². The van der Waals surface area contributed by atoms with Crippen LogP contribution in [0.2, 0.25) is 0 Å². The first-order valence-electron chi connectivity index (χ1n) is 27.6. The summed E-state index contributed by atoms with van der Waals surface area (Å²) in [5.74, 6) is -1.24. The topological polar surface area (TPSA) is 175 Å². The fraction of sp³-hybridized carbons (Fsp3) is 0.789. The molecule has 11 nitrogen and oxygen atoms in total. The van der Waals surface area contributed by atoms with Gasteiger partial charge in [0.1, 0.15) is 24.4 Å². The lowest BCUT2D eigenvalue weighted by atomic mass is 9.99. The lowest BCUT2D eigenvalue weighted by Gasteiger charge is -2.41. The second-order valence-electron chi connectivity index (χ2n) is 19.0. The highest BCUT2D eigenvalue weighted by molar-refractivity contribution is 5.80. The monoisotopic (exact) mass is 960 g/mol. The number of esters is 1. The number of carbonyl (C=O) groups excluding carboxylic acids is 2. The predicted molar refractivity (Wildman–Crippen MR) is 278 cm³/mol. The predicted octanol–water partition coefficient (Wildman–Crippen LogP) is 11.9. The third-order valence-electron chi connectivity index (χ3n) is 12.7. The first-order valence-corrected chi connectivity index (χ1v) is 27.6. The molecule has 1 saturated heterocycles. The summed E-state index contributed by atoms with van der Waals surface area (Å²) >= 11 is 0. The quantitative estimate of drug-likeness (QED) is 0.0149. The highest BCUT2D eigenvalue weighted by Crippen LogP contribution is 2.26. The standard InChI is InChI=1S/C57H101NO10/c1-4-7-10-13-16-19-22-25-28-31-34-37-40-43-49(60)48(58-56(65)50(61)44-41-38-35-32-29-26-23-20-17-14-11-8-5-2)47-66-57-55(54(64)53(63)51(46-59)67-57)68-52(62)45-42-39-36-33-30-27-24-21-18-15-12-9-6-3/h9,12,15,18,21,24,29,32,40,43,48-51,53-55,57,59-61,63-64H,4-8,10-11,13-14,16-17,19-20,22-23,25-28,30-31,33-39,41-42,44-47H2,1-3H3,(H,58,65)/b12-9+,18-15+,24-21-,32-29-,43-40+. The van der Waals surface area contributed by atoms with Gasteiger partial charge in [0.05, 0.1) is 25.4 Å². The molecular formula is C57H101NO10. The second kappa shape index (κ2) is 45.5. The molecule has 1 heterocycles. The maximum Gasteiger partial charge on any atom is 0.306 e. The molecule has 0 bridgehead atoms. The van der Waals surface area contributed by atoms with E-state index >= 15 is 0 Å². The van der Waals surface area contributed by atoms with Crippen LogP contribution in [-0.4, -0.2) is 99.6 Å². The number of hydrogen-bond donors (Lipinski definition) is 6. The van der Waals surface area contributed by atoms with Gasteiger partial charge in [-0.1, -0.05) is 210 Å². The number of aliphatic hydroxyl groups excluding tert-OH is 5. The zero-order chi connectivity index (χ0) is 49.7. The van der Waals surface area contributed by atoms with Crippen LogP contribution in [0, 0.1) is 0 Å². The molecule has 0 aromatic rings. The van der Waals surface area contributed by atoms with E-state index in [1.54, 1.807) is 6.08 Å². The summed E-state index contributed by atoms with van der Waals surface area (Å²) in [6.45, 7) is 5.60. The van der Waals surface area contributed by atoms with Crippen LogP contribution in [0.15, 0.2) is 60.8 Å². The van der Waals surface area contributed by atoms with Crippen molar-refractivity contribution in [1.82, 2.24) is 5.32 Å². The van der Waals surface area contributed by atoms with Gasteiger partial charge in [0, 0.05) is 6.42 Å². The summed E-state index contributed by atoms with van der Waals surface area (Å²) in [5, 5.41) is 56.7. The van der Waals surface area contributed by atoms with E-state index in [1.165, 1.54) is 103 Å². The highest BCUT2D eigenvalue weighted by Gasteiger charge is 2.47. The number of unbranched alkanes of at least 4 members (excludes halogenated alkanes) is 25. The van der Waals surface area contributed by atoms with Gasteiger partial charge in [-0.25, -0.2) is 0 Å². The van der Waals surface area contributed by atoms with E-state index in [4.69, 9.17) is 14.2 Å². The molecule has 68 heavy (non-hydrogen) atoms. The van der Waals surface area contributed by atoms with E-state index in [-0.39, 0.29) is 19.4 Å². The number of aliphatic hydroxyl groups is 5. The van der Waals surface area contributed by atoms with Gasteiger partial charge in [-0.15, -0.1) is 0 Å². The van der Waals surface area contributed by atoms with Crippen molar-refractivity contribution in [3.63, 3.8) is 0 Å². The molecule has 0 spiro atoms. The minimum atomic E-state index is -1.62. The van der Waals surface area contributed by atoms with Gasteiger partial charge in [0.2, 0.25) is 5.91 Å². The van der Waals surface area contributed by atoms with Crippen LogP contribution in [0.4, 0.5) is 0 Å². The Bertz CT molecular complexity index is 1330. The average Bonchev–Trinajstić information content (AvgIpc) is 3.33. The molecule has 0 aromatic heterocycles. The molecule has 0 saturated carbocycles. The fourth-order valence-electron chi connectivity index (χ4n) is 8.29. The Kier molecular flexibility index (Phi) is 42.4. The number of ether oxygens (including phenoxy) is 3. The first-order chi connectivity index (χ1) is 33.2. The van der Waals surface area contributed by atoms with Gasteiger partial charge < -0.3 is 45.1 Å². The van der Waals surface area contributed by atoms with Crippen LogP contribution in [0.3, 0.4) is 0 Å². The van der Waals surface area contributed by atoms with Gasteiger partial charge in [-0.3, -0.25) is 9.59 Å². The number of allylic oxidation sites excluding steroid dienone is 9. The summed E-state index contributed by atoms with van der Waals surface area (Å²) < 4.78 is 17.5. The lowest BCUT2D eigenvalue weighted by molar-refractivity contribution is -0.305. The molecule has 1 aliphatic heterocycles. The van der Waals surface area contributed by atoms with E-state index in [1.807, 2.05) is 24.3 Å². The minimum absolute atomic E-state index is 0.0974. The lowest BCUT2D eigenvalue weighted by Crippen LogP contribution is -2.61. The van der Waals surface area contributed by atoms with Gasteiger partial charge in [-0.05, 0) is 70.6 Å². The Hall–Kier alpha value is -2.64. The Morgan fingerprint density at radius 1 is 0.588 bits per heavy atom. The van der Waals surface area contributed by atoms with E-state index < -0.39 is 67.4 Å². The molecule has 0 aromatic carbocycles. The Labute approximate surface area is 414 Å². The Balaban J connectivity index is 2.79. The van der Waals surface area contributed by atoms with Gasteiger partial charge in [-0.2, -0.15) is 0 Å². The van der Waals surface area contributed by atoms with Crippen LogP contribution < -0.4 is 5.32 Å². The zero-order valence-corrected chi connectivity index (χ0v) is 43.2. The molecule has 8 unspecified atom stereocenters. The summed E-state index contributed by atoms with van der Waals surface area (Å²) in [6, 6.07) is -1.04. The van der Waals surface area contributed by atoms with Crippen molar-refractivity contribution in [2.75, 3.05) is 13.2 Å². The van der Waals surface area contributed by atoms with E-state index in [9.17, 15) is 35.1 Å². The van der Waals surface area contributed by atoms with Crippen LogP contribution >= 0.6 is 0 Å². The van der Waals surface area contributed by atoms with Crippen molar-refractivity contribution < 1.29 is 49.3 Å². The molecular weight excluding hydrogens is 859 g/mol. The number of carbonyl (C=O) groups is 2. The number of nitrogens with one attached hydrogen (secondary N) is 1. The summed E-state index contributed by atoms with van der Waals surface area (Å²) in [6.07, 6.45) is 44.1. The van der Waals surface area contributed by atoms with Gasteiger partial charge in [0.15, 0.2) is 12.4 Å². The van der Waals surface area contributed by atoms with Gasteiger partial charge >= 0.3 is 5.97 Å². The van der Waals surface area contributed by atoms with E-state index in [0.717, 1.165) is 77.0 Å². The third kappa shape index (κ3) is 33.8. The SMILES string of the molecule is CC/C=C/C=C/C=C\CCCCCCCC(=O)OC1C(OCC(NC(=O)C(O)CCCC/C=C\CCCCCCCCC)C(O)/C=C/CCCCCCCCCCCCC)OC(CO)C(O)C1O. The molecule has 1 amide bonds. The van der Waals surface area contributed by atoms with Crippen molar-refractivity contribution in [3.05, 3.63) is 60.8 Å². The molecule has 1 rings (SSSR count). The Morgan fingerprint density at radius 2 is 1.07 bits per heavy atom. The zero-order valence-electron chi connectivity index (χ0n) is 43.2. The summed E-state index contributed by atoms with van der Waals surface area (Å²) in [5.41, 5.74) is 0. The Morgan fingerprint density at radius 3 is 1.62 bits per heavy atom. The molecule has 8 atom stereocenters. The van der Waals surface area contributed by atoms with Crippen LogP contribution in [0.25, 0.3) is 0 Å². The smallest absolute Gasteiger partial charge is 0.306 e. The average molecular weight is 960 g/mol. The maximum absolute atomic E-state index is 13.3.